The van der Waals surface area contributed by atoms with Gasteiger partial charge in [-0.1, -0.05) is 0 Å². The van der Waals surface area contributed by atoms with Crippen LogP contribution in [0.2, 0.25) is 42.8 Å². The fraction of sp³-hybridized carbons (Fsp3) is 0.923. The first-order chi connectivity index (χ1) is 9.22. The average molecular weight is 338 g/mol. The summed E-state index contributed by atoms with van der Waals surface area (Å²) in [6, 6.07) is 0. The normalized spacial score (nSPS) is 107. The van der Waals surface area contributed by atoms with Gasteiger partial charge in [0.15, 0.2) is 0 Å². The molecule has 20 heavy (non-hydrogen) atoms. The number of methoxy groups -OCH3 is 1. The van der Waals surface area contributed by atoms with E-state index in [0.717, 1.165) is 19.3 Å². The molecule has 0 radical (unpaired) electrons. The Morgan fingerprint density at radius 1 is 1.00 bits per heavy atom. The Kier molecular flexibility index (Phi) is 0.305. The molecule has 10 aliphatic rings. The van der Waals surface area contributed by atoms with Crippen molar-refractivity contribution in [1.82, 2.24) is 0 Å². The van der Waals surface area contributed by atoms with Crippen molar-refractivity contribution in [2.75, 3.05) is 14.2 Å². The second-order valence-electron chi connectivity index (χ2n) is 10.8. The van der Waals surface area contributed by atoms with Crippen molar-refractivity contribution in [1.29, 1.82) is 0 Å². The Hall–Kier alpha value is -0.101. The number of carbonyl (C=O) groups is 1. The fourth-order valence-corrected chi connectivity index (χ4v) is 105. The Labute approximate surface area is 105 Å². The van der Waals surface area contributed by atoms with Gasteiger partial charge in [-0.15, -0.1) is 0 Å². The van der Waals surface area contributed by atoms with Crippen LogP contribution in [0.3, 0.4) is 0 Å². The molecule has 10 saturated heterocycles. The van der Waals surface area contributed by atoms with Crippen molar-refractivity contribution >= 4 is 16.1 Å². The van der Waals surface area contributed by atoms with E-state index in [1.165, 1.54) is 14.2 Å². The minimum atomic E-state index is -4.25. The molecule has 0 N–H and O–H groups in total. The van der Waals surface area contributed by atoms with Gasteiger partial charge in [-0.25, -0.2) is 0 Å². The molecule has 0 saturated carbocycles. The molecule has 0 aromatic carbocycles. The van der Waals surface area contributed by atoms with Crippen molar-refractivity contribution in [3.05, 3.63) is 0 Å². The molecule has 8 atom stereocenters. The van der Waals surface area contributed by atoms with E-state index in [4.69, 9.17) is 8.92 Å². The zero-order chi connectivity index (χ0) is 13.4. The fourth-order valence-electron chi connectivity index (χ4n) is 17.9. The summed E-state index contributed by atoms with van der Waals surface area (Å²) in [5.74, 6) is -0.00493. The maximum absolute atomic E-state index is 12.9. The van der Waals surface area contributed by atoms with Crippen LogP contribution in [-0.2, 0) is 30.3 Å². The van der Waals surface area contributed by atoms with Gasteiger partial charge in [0.1, 0.15) is 0 Å². The molecule has 10 aliphatic heterocycles. The summed E-state index contributed by atoms with van der Waals surface area (Å²) in [5, 5.41) is 0. The summed E-state index contributed by atoms with van der Waals surface area (Å²) < 4.78 is 35.4. The van der Waals surface area contributed by atoms with Gasteiger partial charge in [0.05, 0.1) is 0 Å². The van der Waals surface area contributed by atoms with E-state index in [1.54, 1.807) is 0 Å². The molecule has 5 nitrogen and oxygen atoms in total. The van der Waals surface area contributed by atoms with Gasteiger partial charge in [0.25, 0.3) is 0 Å². The van der Waals surface area contributed by atoms with Gasteiger partial charge in [0.2, 0.25) is 0 Å². The van der Waals surface area contributed by atoms with Gasteiger partial charge >= 0.3 is 105 Å². The van der Waals surface area contributed by atoms with Crippen molar-refractivity contribution < 1.29 is 28.6 Å². The number of carbonyl (C=O) groups excluding carboxylic acids is 1. The number of rotatable bonds is 3. The molecule has 10 rings (SSSR count). The first-order valence-corrected chi connectivity index (χ1v) is 14.9. The van der Waals surface area contributed by atoms with Crippen LogP contribution in [0.1, 0.15) is 0 Å². The molecule has 8 unspecified atom stereocenters. The van der Waals surface area contributed by atoms with Gasteiger partial charge in [-0.2, -0.15) is 0 Å². The number of hydrogen-bond acceptors (Lipinski definition) is 5. The molecule has 0 bridgehead atoms. The van der Waals surface area contributed by atoms with Crippen LogP contribution in [0.25, 0.3) is 0 Å². The maximum atomic E-state index is 12.9. The Balaban J connectivity index is 1.60. The van der Waals surface area contributed by atoms with Crippen molar-refractivity contribution in [2.24, 2.45) is 0 Å². The predicted octanol–water partition coefficient (Wildman–Crippen LogP) is 1.80. The van der Waals surface area contributed by atoms with Crippen LogP contribution >= 0.6 is 0 Å². The van der Waals surface area contributed by atoms with Gasteiger partial charge in [0, 0.05) is 0 Å². The van der Waals surface area contributed by atoms with Crippen molar-refractivity contribution in [3.8, 4) is 0 Å². The summed E-state index contributed by atoms with van der Waals surface area (Å²) in [4.78, 5) is 17.6. The second-order valence-corrected chi connectivity index (χ2v) is 36.3. The van der Waals surface area contributed by atoms with Crippen LogP contribution in [0, 0.1) is 0 Å². The van der Waals surface area contributed by atoms with E-state index >= 15 is 0 Å². The minimum absolute atomic E-state index is 0.00493. The zero-order valence-corrected chi connectivity index (χ0v) is 12.8. The van der Waals surface area contributed by atoms with Crippen LogP contribution in [0.4, 0.5) is 0 Å². The number of esters is 1. The Morgan fingerprint density at radius 3 is 1.85 bits per heavy atom. The molecule has 0 aromatic heterocycles. The molecule has 10 heterocycles. The third-order valence-corrected chi connectivity index (χ3v) is 63.9. The zero-order valence-electron chi connectivity index (χ0n) is 10.9. The van der Waals surface area contributed by atoms with Crippen LogP contribution < -0.4 is 0 Å². The van der Waals surface area contributed by atoms with Gasteiger partial charge in [-0.3, -0.25) is 0 Å². The van der Waals surface area contributed by atoms with E-state index < -0.39 is 20.3 Å². The first kappa shape index (κ1) is 8.51. The van der Waals surface area contributed by atoms with E-state index in [2.05, 4.69) is 0 Å². The van der Waals surface area contributed by atoms with E-state index in [1.807, 2.05) is 0 Å². The number of hydrogen-bond donors (Lipinski definition) is 0. The number of fused-ring (bicyclic) bond motifs is 10. The Bertz CT molecular complexity index is 1260. The molecule has 0 amide bonds. The third-order valence-electron chi connectivity index (χ3n) is 15.8. The third kappa shape index (κ3) is 0.0845. The average Bonchev–Trinajstić information content (AvgIpc) is 3.38. The van der Waals surface area contributed by atoms with Gasteiger partial charge in [-0.05, 0) is 0 Å². The molecule has 0 aromatic rings. The molecule has 110 valence electrons. The van der Waals surface area contributed by atoms with Crippen LogP contribution in [0.15, 0.2) is 0 Å². The van der Waals surface area contributed by atoms with Crippen molar-refractivity contribution in [2.45, 2.75) is 46.5 Å². The standard InChI is InChI=1S/C7H7O2.C6H7O3S.Fe/c1-9-7(8)6-4-2-3-5-6;1-9-10(7,8)6-4-2-3-5-6;/h2-5H,1H3;2-5H,1H3;. The summed E-state index contributed by atoms with van der Waals surface area (Å²) in [6.07, 6.45) is 0. The molecule has 1 spiro atoms. The van der Waals surface area contributed by atoms with Crippen molar-refractivity contribution in [3.63, 3.8) is 0 Å². The predicted molar refractivity (Wildman–Crippen MR) is 63.4 cm³/mol. The second kappa shape index (κ2) is 0.717. The molecule has 0 aliphatic carbocycles. The first-order valence-electron chi connectivity index (χ1n) is 7.32. The quantitative estimate of drug-likeness (QED) is 0.446. The molecule has 7 heteroatoms. The van der Waals surface area contributed by atoms with E-state index in [0.29, 0.717) is 19.3 Å². The number of ether oxygens (including phenoxy) is 1. The van der Waals surface area contributed by atoms with E-state index in [-0.39, 0.29) is 10.3 Å². The Morgan fingerprint density at radius 2 is 1.50 bits per heavy atom. The molecule has 10 fully saturated rings. The monoisotopic (exact) mass is 338 g/mol. The molecular formula is C13H14FeO5S. The summed E-state index contributed by atoms with van der Waals surface area (Å²) in [5.41, 5.74) is 0. The molecular weight excluding hydrogens is 324 g/mol. The summed E-state index contributed by atoms with van der Waals surface area (Å²) in [7, 11) is -0.651. The van der Waals surface area contributed by atoms with Gasteiger partial charge < -0.3 is 0 Å². The summed E-state index contributed by atoms with van der Waals surface area (Å²) in [6.45, 7) is -4.25. The van der Waals surface area contributed by atoms with Crippen LogP contribution in [-0.4, -0.2) is 32.3 Å². The topological polar surface area (TPSA) is 69.7 Å². The van der Waals surface area contributed by atoms with E-state index in [9.17, 15) is 13.2 Å². The SMILES string of the molecule is COC(=O)[C]12[CH]3[CH]4[CH]5[CH]1[Fe]45321678[CH]2[CH]1[CH]6[C]7(S(=O)(=O)OC)[CH]28. The summed E-state index contributed by atoms with van der Waals surface area (Å²) >= 11 is 0. The van der Waals surface area contributed by atoms with Crippen LogP contribution in [0.5, 0.6) is 0 Å².